The lowest BCUT2D eigenvalue weighted by Gasteiger charge is -2.43. The van der Waals surface area contributed by atoms with Crippen LogP contribution in [-0.2, 0) is 0 Å². The molecular weight excluding hydrogens is 267 g/mol. The number of nitrogens with one attached hydrogen (secondary N) is 1. The molecule has 0 amide bonds. The number of hydrogen-bond acceptors (Lipinski definition) is 3. The highest BCUT2D eigenvalue weighted by Gasteiger charge is 2.36. The molecule has 0 saturated heterocycles. The van der Waals surface area contributed by atoms with Gasteiger partial charge in [-0.25, -0.2) is 4.39 Å². The van der Waals surface area contributed by atoms with E-state index >= 15 is 0 Å². The third-order valence-corrected chi connectivity index (χ3v) is 4.79. The molecule has 3 nitrogen and oxygen atoms in total. The first-order valence-corrected chi connectivity index (χ1v) is 7.81. The van der Waals surface area contributed by atoms with Gasteiger partial charge in [0.15, 0.2) is 0 Å². The molecule has 0 aliphatic heterocycles. The van der Waals surface area contributed by atoms with Crippen molar-refractivity contribution in [2.75, 3.05) is 19.0 Å². The summed E-state index contributed by atoms with van der Waals surface area (Å²) in [5.74, 6) is 1.68. The first kappa shape index (κ1) is 16.1. The van der Waals surface area contributed by atoms with E-state index in [9.17, 15) is 4.39 Å². The maximum Gasteiger partial charge on any atom is 0.146 e. The number of halogens is 1. The molecule has 0 spiro atoms. The zero-order chi connectivity index (χ0) is 15.5. The van der Waals surface area contributed by atoms with Crippen molar-refractivity contribution in [1.29, 1.82) is 0 Å². The van der Waals surface area contributed by atoms with E-state index in [0.717, 1.165) is 19.3 Å². The van der Waals surface area contributed by atoms with E-state index in [1.807, 2.05) is 0 Å². The van der Waals surface area contributed by atoms with Crippen molar-refractivity contribution in [3.05, 3.63) is 24.0 Å². The Labute approximate surface area is 127 Å². The van der Waals surface area contributed by atoms with Crippen LogP contribution in [0.3, 0.4) is 0 Å². The van der Waals surface area contributed by atoms with E-state index < -0.39 is 0 Å². The molecule has 2 atom stereocenters. The third kappa shape index (κ3) is 3.67. The van der Waals surface area contributed by atoms with Crippen LogP contribution in [0.2, 0.25) is 0 Å². The first-order chi connectivity index (χ1) is 9.99. The molecule has 1 aliphatic carbocycles. The summed E-state index contributed by atoms with van der Waals surface area (Å²) in [7, 11) is 1.59. The molecule has 0 radical (unpaired) electrons. The van der Waals surface area contributed by atoms with Gasteiger partial charge in [-0.3, -0.25) is 0 Å². The summed E-state index contributed by atoms with van der Waals surface area (Å²) in [6, 6.07) is 4.79. The molecule has 3 N–H and O–H groups in total. The minimum atomic E-state index is -0.254. The quantitative estimate of drug-likeness (QED) is 0.868. The van der Waals surface area contributed by atoms with Crippen LogP contribution in [0.1, 0.15) is 39.5 Å². The van der Waals surface area contributed by atoms with Crippen molar-refractivity contribution in [3.63, 3.8) is 0 Å². The van der Waals surface area contributed by atoms with Crippen LogP contribution in [0.15, 0.2) is 18.2 Å². The molecule has 1 aromatic carbocycles. The number of hydrogen-bond donors (Lipinski definition) is 2. The van der Waals surface area contributed by atoms with Crippen LogP contribution < -0.4 is 15.8 Å². The van der Waals surface area contributed by atoms with Gasteiger partial charge in [-0.1, -0.05) is 26.7 Å². The van der Waals surface area contributed by atoms with Gasteiger partial charge in [0.1, 0.15) is 11.6 Å². The molecule has 1 aliphatic rings. The van der Waals surface area contributed by atoms with E-state index in [1.54, 1.807) is 19.2 Å². The van der Waals surface area contributed by atoms with Crippen LogP contribution >= 0.6 is 0 Å². The summed E-state index contributed by atoms with van der Waals surface area (Å²) in [6.07, 6.45) is 4.36. The van der Waals surface area contributed by atoms with Crippen LogP contribution in [0.5, 0.6) is 5.75 Å². The summed E-state index contributed by atoms with van der Waals surface area (Å²) in [6.45, 7) is 5.03. The fourth-order valence-electron chi connectivity index (χ4n) is 3.34. The standard InChI is InChI=1S/C17H27FN2O/c1-12(2)13-5-4-8-17(10-13,11-19)20-16-9-14(21-3)6-7-15(16)18/h6-7,9,12-13,20H,4-5,8,10-11,19H2,1-3H3. The van der Waals surface area contributed by atoms with Crippen molar-refractivity contribution >= 4 is 5.69 Å². The molecule has 0 aromatic heterocycles. The molecule has 4 heteroatoms. The van der Waals surface area contributed by atoms with Gasteiger partial charge in [-0.2, -0.15) is 0 Å². The van der Waals surface area contributed by atoms with Gasteiger partial charge in [-0.15, -0.1) is 0 Å². The van der Waals surface area contributed by atoms with Crippen LogP contribution in [0.4, 0.5) is 10.1 Å². The maximum absolute atomic E-state index is 14.1. The average molecular weight is 294 g/mol. The van der Waals surface area contributed by atoms with Gasteiger partial charge >= 0.3 is 0 Å². The van der Waals surface area contributed by atoms with Crippen LogP contribution in [0, 0.1) is 17.7 Å². The molecule has 2 unspecified atom stereocenters. The van der Waals surface area contributed by atoms with Crippen molar-refractivity contribution in [1.82, 2.24) is 0 Å². The Hall–Kier alpha value is -1.29. The van der Waals surface area contributed by atoms with Crippen molar-refractivity contribution in [2.24, 2.45) is 17.6 Å². The van der Waals surface area contributed by atoms with Gasteiger partial charge in [-0.05, 0) is 36.8 Å². The molecule has 0 heterocycles. The van der Waals surface area contributed by atoms with Crippen LogP contribution in [0.25, 0.3) is 0 Å². The Morgan fingerprint density at radius 3 is 2.86 bits per heavy atom. The third-order valence-electron chi connectivity index (χ3n) is 4.79. The molecule has 21 heavy (non-hydrogen) atoms. The Bertz CT molecular complexity index is 478. The summed E-state index contributed by atoms with van der Waals surface area (Å²) in [5.41, 5.74) is 6.33. The molecule has 2 rings (SSSR count). The van der Waals surface area contributed by atoms with E-state index in [2.05, 4.69) is 19.2 Å². The SMILES string of the molecule is COc1ccc(F)c(NC2(CN)CCCC(C(C)C)C2)c1. The highest BCUT2D eigenvalue weighted by atomic mass is 19.1. The number of anilines is 1. The second-order valence-electron chi connectivity index (χ2n) is 6.56. The number of rotatable bonds is 5. The second kappa shape index (κ2) is 6.65. The Morgan fingerprint density at radius 1 is 1.48 bits per heavy atom. The van der Waals surface area contributed by atoms with E-state index in [-0.39, 0.29) is 11.4 Å². The lowest BCUT2D eigenvalue weighted by atomic mass is 9.71. The van der Waals surface area contributed by atoms with Gasteiger partial charge in [0.2, 0.25) is 0 Å². The van der Waals surface area contributed by atoms with Gasteiger partial charge in [0.05, 0.1) is 12.8 Å². The molecule has 1 aromatic rings. The van der Waals surface area contributed by atoms with E-state index in [4.69, 9.17) is 10.5 Å². The lowest BCUT2D eigenvalue weighted by molar-refractivity contribution is 0.202. The predicted molar refractivity (Wildman–Crippen MR) is 85.2 cm³/mol. The molecule has 1 fully saturated rings. The first-order valence-electron chi connectivity index (χ1n) is 7.81. The Morgan fingerprint density at radius 2 is 2.24 bits per heavy atom. The molecule has 118 valence electrons. The van der Waals surface area contributed by atoms with Crippen molar-refractivity contribution < 1.29 is 9.13 Å². The summed E-state index contributed by atoms with van der Waals surface area (Å²) >= 11 is 0. The smallest absolute Gasteiger partial charge is 0.146 e. The van der Waals surface area contributed by atoms with Gasteiger partial charge < -0.3 is 15.8 Å². The fraction of sp³-hybridized carbons (Fsp3) is 0.647. The molecular formula is C17H27FN2O. The van der Waals surface area contributed by atoms with Crippen LogP contribution in [-0.4, -0.2) is 19.2 Å². The van der Waals surface area contributed by atoms with Crippen molar-refractivity contribution in [3.8, 4) is 5.75 Å². The van der Waals surface area contributed by atoms with Gasteiger partial charge in [0.25, 0.3) is 0 Å². The summed E-state index contributed by atoms with van der Waals surface area (Å²) in [4.78, 5) is 0. The molecule has 0 bridgehead atoms. The number of methoxy groups -OCH3 is 1. The second-order valence-corrected chi connectivity index (χ2v) is 6.56. The lowest BCUT2D eigenvalue weighted by Crippen LogP contribution is -2.49. The maximum atomic E-state index is 14.1. The minimum Gasteiger partial charge on any atom is -0.497 e. The summed E-state index contributed by atoms with van der Waals surface area (Å²) < 4.78 is 19.3. The molecule has 1 saturated carbocycles. The number of nitrogens with two attached hydrogens (primary N) is 1. The number of benzene rings is 1. The highest BCUT2D eigenvalue weighted by Crippen LogP contribution is 2.38. The topological polar surface area (TPSA) is 47.3 Å². The Kier molecular flexibility index (Phi) is 5.09. The minimum absolute atomic E-state index is 0.208. The fourth-order valence-corrected chi connectivity index (χ4v) is 3.34. The predicted octanol–water partition coefficient (Wildman–Crippen LogP) is 3.79. The monoisotopic (exact) mass is 294 g/mol. The average Bonchev–Trinajstić information content (AvgIpc) is 2.49. The Balaban J connectivity index is 2.21. The van der Waals surface area contributed by atoms with Gasteiger partial charge in [0, 0.05) is 18.2 Å². The van der Waals surface area contributed by atoms with E-state index in [0.29, 0.717) is 29.8 Å². The summed E-state index contributed by atoms with van der Waals surface area (Å²) in [5, 5.41) is 3.39. The largest absolute Gasteiger partial charge is 0.497 e. The normalized spacial score (nSPS) is 25.9. The van der Waals surface area contributed by atoms with Crippen molar-refractivity contribution in [2.45, 2.75) is 45.1 Å². The zero-order valence-corrected chi connectivity index (χ0v) is 13.3. The van der Waals surface area contributed by atoms with E-state index in [1.165, 1.54) is 12.5 Å². The highest BCUT2D eigenvalue weighted by molar-refractivity contribution is 5.51. The number of ether oxygens (including phenoxy) is 1. The zero-order valence-electron chi connectivity index (χ0n) is 13.3.